The summed E-state index contributed by atoms with van der Waals surface area (Å²) < 4.78 is 19.1. The van der Waals surface area contributed by atoms with Crippen LogP contribution < -0.4 is 16.4 Å². The second-order valence-corrected chi connectivity index (χ2v) is 6.01. The van der Waals surface area contributed by atoms with Crippen molar-refractivity contribution in [2.24, 2.45) is 0 Å². The fourth-order valence-corrected chi connectivity index (χ4v) is 2.63. The normalized spacial score (nSPS) is 10.6. The molecule has 0 spiro atoms. The Morgan fingerprint density at radius 2 is 1.96 bits per heavy atom. The molecule has 2 heterocycles. The lowest BCUT2D eigenvalue weighted by atomic mass is 10.1. The third-order valence-electron chi connectivity index (χ3n) is 4.04. The maximum atomic E-state index is 14.1. The van der Waals surface area contributed by atoms with Gasteiger partial charge in [0.25, 0.3) is 0 Å². The summed E-state index contributed by atoms with van der Waals surface area (Å²) in [6.07, 6.45) is 1.04. The molecule has 0 radical (unpaired) electrons. The molecule has 4 aromatic rings. The highest BCUT2D eigenvalue weighted by atomic mass is 19.1. The molecule has 0 aliphatic heterocycles. The molecule has 3 N–H and O–H groups in total. The molecule has 138 valence electrons. The molecular formula is C19H13FN6O2. The monoisotopic (exact) mass is 376 g/mol. The van der Waals surface area contributed by atoms with Crippen LogP contribution in [0.25, 0.3) is 11.1 Å². The maximum absolute atomic E-state index is 14.1. The first-order valence-corrected chi connectivity index (χ1v) is 8.22. The predicted octanol–water partition coefficient (Wildman–Crippen LogP) is 3.72. The van der Waals surface area contributed by atoms with E-state index < -0.39 is 11.6 Å². The molecule has 0 aliphatic carbocycles. The van der Waals surface area contributed by atoms with Gasteiger partial charge in [0.15, 0.2) is 17.2 Å². The molecule has 0 unspecified atom stereocenters. The average Bonchev–Trinajstić information content (AvgIpc) is 3.05. The zero-order chi connectivity index (χ0) is 19.7. The van der Waals surface area contributed by atoms with Gasteiger partial charge in [-0.15, -0.1) is 0 Å². The minimum Gasteiger partial charge on any atom is -0.408 e. The number of aromatic nitrogens is 3. The second kappa shape index (κ2) is 6.85. The van der Waals surface area contributed by atoms with Crippen LogP contribution in [-0.4, -0.2) is 15.0 Å². The van der Waals surface area contributed by atoms with Crippen LogP contribution in [0.15, 0.2) is 51.8 Å². The van der Waals surface area contributed by atoms with E-state index in [0.717, 1.165) is 11.8 Å². The average molecular weight is 376 g/mol. The SMILES string of the molecule is Cc1ccc(Nc2ncc(F)c(Nc3ccc4oc(=O)[nH]c4c3)n2)cc1C#N. The quantitative estimate of drug-likeness (QED) is 0.496. The third kappa shape index (κ3) is 3.39. The number of hydrogen-bond acceptors (Lipinski definition) is 7. The van der Waals surface area contributed by atoms with Crippen LogP contribution >= 0.6 is 0 Å². The summed E-state index contributed by atoms with van der Waals surface area (Å²) in [6.45, 7) is 1.84. The van der Waals surface area contributed by atoms with Crippen LogP contribution in [0.4, 0.5) is 27.5 Å². The van der Waals surface area contributed by atoms with Gasteiger partial charge < -0.3 is 15.1 Å². The van der Waals surface area contributed by atoms with E-state index in [0.29, 0.717) is 28.0 Å². The molecular weight excluding hydrogens is 363 g/mol. The molecule has 0 aliphatic rings. The largest absolute Gasteiger partial charge is 0.417 e. The molecule has 0 atom stereocenters. The number of aromatic amines is 1. The molecule has 0 saturated carbocycles. The smallest absolute Gasteiger partial charge is 0.408 e. The number of nitriles is 1. The third-order valence-corrected chi connectivity index (χ3v) is 4.04. The number of rotatable bonds is 4. The molecule has 0 amide bonds. The fourth-order valence-electron chi connectivity index (χ4n) is 2.63. The molecule has 2 aromatic carbocycles. The van der Waals surface area contributed by atoms with Crippen molar-refractivity contribution in [3.63, 3.8) is 0 Å². The number of fused-ring (bicyclic) bond motifs is 1. The lowest BCUT2D eigenvalue weighted by Gasteiger charge is -2.10. The second-order valence-electron chi connectivity index (χ2n) is 6.01. The summed E-state index contributed by atoms with van der Waals surface area (Å²) in [7, 11) is 0. The molecule has 8 nitrogen and oxygen atoms in total. The number of hydrogen-bond donors (Lipinski definition) is 3. The van der Waals surface area contributed by atoms with Crippen molar-refractivity contribution in [2.75, 3.05) is 10.6 Å². The summed E-state index contributed by atoms with van der Waals surface area (Å²) in [5.41, 5.74) is 3.36. The lowest BCUT2D eigenvalue weighted by molar-refractivity contribution is 0.555. The fraction of sp³-hybridized carbons (Fsp3) is 0.0526. The van der Waals surface area contributed by atoms with Crippen LogP contribution in [0.3, 0.4) is 0 Å². The molecule has 0 saturated heterocycles. The number of anilines is 4. The Labute approximate surface area is 157 Å². The van der Waals surface area contributed by atoms with Gasteiger partial charge in [-0.05, 0) is 42.8 Å². The van der Waals surface area contributed by atoms with E-state index in [1.54, 1.807) is 36.4 Å². The van der Waals surface area contributed by atoms with Gasteiger partial charge in [-0.1, -0.05) is 6.07 Å². The highest BCUT2D eigenvalue weighted by molar-refractivity contribution is 5.78. The van der Waals surface area contributed by atoms with Crippen molar-refractivity contribution in [3.05, 3.63) is 70.1 Å². The van der Waals surface area contributed by atoms with Gasteiger partial charge in [-0.25, -0.2) is 14.2 Å². The number of halogens is 1. The van der Waals surface area contributed by atoms with Crippen molar-refractivity contribution >= 4 is 34.2 Å². The molecule has 0 bridgehead atoms. The standard InChI is InChI=1S/C19H13FN6O2/c1-10-2-3-12(6-11(10)8-21)24-18-22-9-14(20)17(26-18)23-13-4-5-16-15(7-13)25-19(27)28-16/h2-7,9H,1H3,(H,25,27)(H2,22,23,24,26). The Morgan fingerprint density at radius 1 is 1.18 bits per heavy atom. The first kappa shape index (κ1) is 17.2. The molecule has 28 heavy (non-hydrogen) atoms. The van der Waals surface area contributed by atoms with Crippen molar-refractivity contribution in [1.29, 1.82) is 5.26 Å². The van der Waals surface area contributed by atoms with Gasteiger partial charge in [0.1, 0.15) is 0 Å². The molecule has 2 aromatic heterocycles. The van der Waals surface area contributed by atoms with Crippen molar-refractivity contribution < 1.29 is 8.81 Å². The van der Waals surface area contributed by atoms with Crippen LogP contribution in [0.1, 0.15) is 11.1 Å². The Morgan fingerprint density at radius 3 is 2.79 bits per heavy atom. The van der Waals surface area contributed by atoms with E-state index in [4.69, 9.17) is 9.68 Å². The van der Waals surface area contributed by atoms with Gasteiger partial charge in [-0.3, -0.25) is 4.98 Å². The zero-order valence-electron chi connectivity index (χ0n) is 14.6. The Balaban J connectivity index is 1.61. The maximum Gasteiger partial charge on any atom is 0.417 e. The van der Waals surface area contributed by atoms with E-state index >= 15 is 0 Å². The topological polar surface area (TPSA) is 120 Å². The van der Waals surface area contributed by atoms with Gasteiger partial charge >= 0.3 is 5.76 Å². The van der Waals surface area contributed by atoms with E-state index in [1.807, 2.05) is 6.92 Å². The summed E-state index contributed by atoms with van der Waals surface area (Å²) in [6, 6.07) is 12.2. The predicted molar refractivity (Wildman–Crippen MR) is 101 cm³/mol. The minimum absolute atomic E-state index is 0.0460. The van der Waals surface area contributed by atoms with E-state index in [9.17, 15) is 9.18 Å². The first-order valence-electron chi connectivity index (χ1n) is 8.22. The van der Waals surface area contributed by atoms with Crippen molar-refractivity contribution in [3.8, 4) is 6.07 Å². The lowest BCUT2D eigenvalue weighted by Crippen LogP contribution is -2.03. The van der Waals surface area contributed by atoms with Crippen LogP contribution in [0, 0.1) is 24.1 Å². The van der Waals surface area contributed by atoms with E-state index in [1.165, 1.54) is 0 Å². The van der Waals surface area contributed by atoms with Crippen molar-refractivity contribution in [2.45, 2.75) is 6.92 Å². The highest BCUT2D eigenvalue weighted by Crippen LogP contribution is 2.23. The van der Waals surface area contributed by atoms with Crippen LogP contribution in [-0.2, 0) is 0 Å². The van der Waals surface area contributed by atoms with E-state index in [2.05, 4.69) is 31.7 Å². The minimum atomic E-state index is -0.645. The molecule has 4 rings (SSSR count). The van der Waals surface area contributed by atoms with Gasteiger partial charge in [0.2, 0.25) is 5.95 Å². The molecule has 0 fully saturated rings. The number of H-pyrrole nitrogens is 1. The highest BCUT2D eigenvalue weighted by Gasteiger charge is 2.10. The zero-order valence-corrected chi connectivity index (χ0v) is 14.6. The summed E-state index contributed by atoms with van der Waals surface area (Å²) in [4.78, 5) is 21.8. The first-order chi connectivity index (χ1) is 13.5. The Kier molecular flexibility index (Phi) is 4.21. The summed E-state index contributed by atoms with van der Waals surface area (Å²) in [5.74, 6) is -1.10. The van der Waals surface area contributed by atoms with Gasteiger partial charge in [0.05, 0.1) is 23.3 Å². The van der Waals surface area contributed by atoms with Crippen LogP contribution in [0.5, 0.6) is 0 Å². The van der Waals surface area contributed by atoms with Crippen molar-refractivity contribution in [1.82, 2.24) is 15.0 Å². The number of benzene rings is 2. The number of aryl methyl sites for hydroxylation is 1. The Bertz CT molecular complexity index is 1290. The summed E-state index contributed by atoms with van der Waals surface area (Å²) in [5, 5.41) is 14.9. The Hall–Kier alpha value is -4.19. The summed E-state index contributed by atoms with van der Waals surface area (Å²) >= 11 is 0. The number of nitrogens with one attached hydrogen (secondary N) is 3. The molecule has 9 heteroatoms. The van der Waals surface area contributed by atoms with Gasteiger partial charge in [0, 0.05) is 11.4 Å². The number of nitrogens with zero attached hydrogens (tertiary/aromatic N) is 3. The van der Waals surface area contributed by atoms with Gasteiger partial charge in [-0.2, -0.15) is 10.2 Å². The van der Waals surface area contributed by atoms with E-state index in [-0.39, 0.29) is 11.8 Å². The number of oxazole rings is 1. The van der Waals surface area contributed by atoms with Crippen LogP contribution in [0.2, 0.25) is 0 Å².